The van der Waals surface area contributed by atoms with Crippen molar-refractivity contribution in [2.24, 2.45) is 10.8 Å². The maximum absolute atomic E-state index is 8.95. The summed E-state index contributed by atoms with van der Waals surface area (Å²) in [5, 5.41) is 22.1. The van der Waals surface area contributed by atoms with E-state index in [-0.39, 0.29) is 5.54 Å². The van der Waals surface area contributed by atoms with Gasteiger partial charge in [-0.2, -0.15) is 5.26 Å². The number of nitriles is 1. The highest BCUT2D eigenvalue weighted by molar-refractivity contribution is 6.88. The van der Waals surface area contributed by atoms with E-state index in [4.69, 9.17) is 16.1 Å². The Bertz CT molecular complexity index is 329. The van der Waals surface area contributed by atoms with Crippen LogP contribution in [-0.4, -0.2) is 8.40 Å². The molecular formula is C10H15N3Si. The molecule has 0 aliphatic heterocycles. The Balaban J connectivity index is 3.02. The highest BCUT2D eigenvalue weighted by Gasteiger charge is 2.35. The van der Waals surface area contributed by atoms with Gasteiger partial charge in [0, 0.05) is 0 Å². The molecule has 0 fully saturated rings. The standard InChI is InChI=1S/C10H15N3Si/c1-2-9(8-11)14(12,13)10-6-4-3-5-7-10/h3-7,9H,2,12-13H2,1H3. The largest absolute Gasteiger partial charge is 0.335 e. The molecule has 74 valence electrons. The first-order chi connectivity index (χ1) is 6.62. The third-order valence-corrected chi connectivity index (χ3v) is 5.44. The van der Waals surface area contributed by atoms with Gasteiger partial charge in [-0.05, 0) is 11.6 Å². The van der Waals surface area contributed by atoms with E-state index in [1.807, 2.05) is 37.3 Å². The van der Waals surface area contributed by atoms with Gasteiger partial charge in [0.15, 0.2) is 0 Å². The monoisotopic (exact) mass is 205 g/mol. The minimum Gasteiger partial charge on any atom is -0.335 e. The molecule has 0 bridgehead atoms. The summed E-state index contributed by atoms with van der Waals surface area (Å²) in [5.74, 6) is 0. The van der Waals surface area contributed by atoms with Gasteiger partial charge in [0.25, 0.3) is 0 Å². The summed E-state index contributed by atoms with van der Waals surface area (Å²) in [5.41, 5.74) is -0.218. The van der Waals surface area contributed by atoms with Gasteiger partial charge in [0.1, 0.15) is 0 Å². The van der Waals surface area contributed by atoms with Crippen LogP contribution >= 0.6 is 0 Å². The zero-order valence-electron chi connectivity index (χ0n) is 8.27. The fourth-order valence-corrected chi connectivity index (χ4v) is 3.53. The summed E-state index contributed by atoms with van der Waals surface area (Å²) < 4.78 is 0. The van der Waals surface area contributed by atoms with Crippen molar-refractivity contribution in [3.63, 3.8) is 0 Å². The molecule has 0 saturated carbocycles. The van der Waals surface area contributed by atoms with Crippen LogP contribution in [0.4, 0.5) is 0 Å². The maximum Gasteiger partial charge on any atom is 0.246 e. The number of hydrogen-bond donors (Lipinski definition) is 2. The van der Waals surface area contributed by atoms with E-state index in [9.17, 15) is 0 Å². The molecule has 3 nitrogen and oxygen atoms in total. The Morgan fingerprint density at radius 1 is 1.36 bits per heavy atom. The van der Waals surface area contributed by atoms with Gasteiger partial charge in [-0.1, -0.05) is 37.3 Å². The van der Waals surface area contributed by atoms with Crippen molar-refractivity contribution in [1.82, 2.24) is 0 Å². The molecule has 1 rings (SSSR count). The van der Waals surface area contributed by atoms with Crippen LogP contribution in [0.3, 0.4) is 0 Å². The van der Waals surface area contributed by atoms with Crippen molar-refractivity contribution in [3.8, 4) is 6.07 Å². The number of rotatable bonds is 3. The lowest BCUT2D eigenvalue weighted by atomic mass is 10.3. The van der Waals surface area contributed by atoms with E-state index >= 15 is 0 Å². The van der Waals surface area contributed by atoms with E-state index < -0.39 is 8.40 Å². The van der Waals surface area contributed by atoms with E-state index in [1.54, 1.807) is 0 Å². The fraction of sp³-hybridized carbons (Fsp3) is 0.300. The Morgan fingerprint density at radius 3 is 2.36 bits per heavy atom. The Kier molecular flexibility index (Phi) is 3.41. The van der Waals surface area contributed by atoms with E-state index in [0.29, 0.717) is 6.42 Å². The lowest BCUT2D eigenvalue weighted by molar-refractivity contribution is 0.918. The predicted molar refractivity (Wildman–Crippen MR) is 59.9 cm³/mol. The molecule has 1 atom stereocenters. The first kappa shape index (κ1) is 10.9. The SMILES string of the molecule is CCC(C#N)[Si](N)(N)c1ccccc1. The summed E-state index contributed by atoms with van der Waals surface area (Å²) in [4.78, 5) is 0. The normalized spacial score (nSPS) is 13.3. The molecule has 14 heavy (non-hydrogen) atoms. The van der Waals surface area contributed by atoms with Crippen LogP contribution in [-0.2, 0) is 0 Å². The number of nitrogens with zero attached hydrogens (tertiary/aromatic N) is 1. The van der Waals surface area contributed by atoms with Crippen LogP contribution in [0.2, 0.25) is 5.54 Å². The molecule has 0 aliphatic rings. The molecule has 1 unspecified atom stereocenters. The van der Waals surface area contributed by atoms with E-state index in [0.717, 1.165) is 5.19 Å². The first-order valence-corrected chi connectivity index (χ1v) is 6.89. The second-order valence-corrected chi connectivity index (χ2v) is 6.53. The minimum absolute atomic E-state index is 0.218. The maximum atomic E-state index is 8.95. The molecule has 1 aromatic carbocycles. The minimum atomic E-state index is -2.57. The van der Waals surface area contributed by atoms with Crippen LogP contribution in [0.5, 0.6) is 0 Å². The fourth-order valence-electron chi connectivity index (χ4n) is 1.46. The van der Waals surface area contributed by atoms with Crippen LogP contribution in [0.1, 0.15) is 13.3 Å². The van der Waals surface area contributed by atoms with Crippen molar-refractivity contribution in [1.29, 1.82) is 5.26 Å². The second kappa shape index (κ2) is 4.38. The van der Waals surface area contributed by atoms with Crippen LogP contribution in [0.15, 0.2) is 30.3 Å². The summed E-state index contributed by atoms with van der Waals surface area (Å²) in [6.07, 6.45) is 0.713. The number of hydrogen-bond acceptors (Lipinski definition) is 3. The van der Waals surface area contributed by atoms with Gasteiger partial charge in [-0.15, -0.1) is 0 Å². The topological polar surface area (TPSA) is 75.8 Å². The van der Waals surface area contributed by atoms with Gasteiger partial charge in [-0.3, -0.25) is 0 Å². The molecule has 4 N–H and O–H groups in total. The summed E-state index contributed by atoms with van der Waals surface area (Å²) >= 11 is 0. The van der Waals surface area contributed by atoms with E-state index in [2.05, 4.69) is 6.07 Å². The van der Waals surface area contributed by atoms with E-state index in [1.165, 1.54) is 0 Å². The Hall–Kier alpha value is -1.15. The summed E-state index contributed by atoms with van der Waals surface area (Å²) in [7, 11) is -2.57. The third-order valence-electron chi connectivity index (χ3n) is 2.41. The lowest BCUT2D eigenvalue weighted by Crippen LogP contribution is -2.68. The van der Waals surface area contributed by atoms with Gasteiger partial charge >= 0.3 is 0 Å². The van der Waals surface area contributed by atoms with Gasteiger partial charge in [-0.25, -0.2) is 0 Å². The van der Waals surface area contributed by atoms with Crippen LogP contribution in [0, 0.1) is 11.3 Å². The Labute approximate surface area is 85.5 Å². The molecular weight excluding hydrogens is 190 g/mol. The van der Waals surface area contributed by atoms with Crippen molar-refractivity contribution < 1.29 is 0 Å². The molecule has 0 saturated heterocycles. The molecule has 0 spiro atoms. The number of nitrogens with two attached hydrogens (primary N) is 2. The van der Waals surface area contributed by atoms with Gasteiger partial charge in [0.2, 0.25) is 8.40 Å². The highest BCUT2D eigenvalue weighted by Crippen LogP contribution is 2.15. The summed E-state index contributed by atoms with van der Waals surface area (Å²) in [6.45, 7) is 1.94. The quantitative estimate of drug-likeness (QED) is 0.708. The molecule has 0 heterocycles. The highest BCUT2D eigenvalue weighted by atomic mass is 28.3. The summed E-state index contributed by atoms with van der Waals surface area (Å²) in [6, 6.07) is 11.7. The number of benzene rings is 1. The Morgan fingerprint density at radius 2 is 1.93 bits per heavy atom. The average molecular weight is 205 g/mol. The molecule has 0 aliphatic carbocycles. The van der Waals surface area contributed by atoms with Crippen molar-refractivity contribution >= 4 is 13.6 Å². The van der Waals surface area contributed by atoms with Crippen LogP contribution < -0.4 is 16.0 Å². The predicted octanol–water partition coefficient (Wildman–Crippen LogP) is 0.557. The zero-order chi connectivity index (χ0) is 10.6. The molecule has 0 radical (unpaired) electrons. The lowest BCUT2D eigenvalue weighted by Gasteiger charge is -2.25. The first-order valence-electron chi connectivity index (χ1n) is 4.65. The van der Waals surface area contributed by atoms with Crippen LogP contribution in [0.25, 0.3) is 0 Å². The average Bonchev–Trinajstić information content (AvgIpc) is 2.20. The zero-order valence-corrected chi connectivity index (χ0v) is 9.27. The van der Waals surface area contributed by atoms with Gasteiger partial charge in [0.05, 0.1) is 11.6 Å². The third kappa shape index (κ3) is 2.01. The smallest absolute Gasteiger partial charge is 0.246 e. The van der Waals surface area contributed by atoms with Crippen molar-refractivity contribution in [3.05, 3.63) is 30.3 Å². The molecule has 1 aromatic rings. The second-order valence-electron chi connectivity index (χ2n) is 3.39. The molecule has 0 amide bonds. The van der Waals surface area contributed by atoms with Crippen molar-refractivity contribution in [2.45, 2.75) is 18.9 Å². The van der Waals surface area contributed by atoms with Crippen molar-refractivity contribution in [2.75, 3.05) is 0 Å². The molecule has 4 heteroatoms. The van der Waals surface area contributed by atoms with Gasteiger partial charge < -0.3 is 10.8 Å². The molecule has 0 aromatic heterocycles.